The standard InChI is InChI=1S/C25H30ClFN4O3/c1-15-13-30(6-7-31(15)25(33)23-5-4-8-34-23)14-19-9-20(27)11-22(16(19)2)29-24(32)18-10-21(26)17(3)28-12-18/h9-12,15,23H,4-8,13-14H2,1-3H3,(H,29,32)/t15-,23-/m0/s1. The van der Waals surface area contributed by atoms with E-state index in [0.29, 0.717) is 54.8 Å². The van der Waals surface area contributed by atoms with Crippen molar-refractivity contribution < 1.29 is 18.7 Å². The number of carbonyl (C=O) groups excluding carboxylic acids is 2. The van der Waals surface area contributed by atoms with Gasteiger partial charge in [-0.2, -0.15) is 0 Å². The van der Waals surface area contributed by atoms with Gasteiger partial charge in [0.2, 0.25) is 0 Å². The molecule has 9 heteroatoms. The van der Waals surface area contributed by atoms with Gasteiger partial charge in [0, 0.05) is 50.7 Å². The first kappa shape index (κ1) is 24.6. The van der Waals surface area contributed by atoms with Crippen molar-refractivity contribution in [1.82, 2.24) is 14.8 Å². The van der Waals surface area contributed by atoms with E-state index < -0.39 is 11.7 Å². The van der Waals surface area contributed by atoms with Crippen molar-refractivity contribution in [3.05, 3.63) is 57.6 Å². The summed E-state index contributed by atoms with van der Waals surface area (Å²) in [6.45, 7) is 8.81. The molecule has 3 heterocycles. The van der Waals surface area contributed by atoms with Crippen molar-refractivity contribution >= 4 is 29.1 Å². The molecule has 0 bridgehead atoms. The van der Waals surface area contributed by atoms with Crippen LogP contribution in [0.25, 0.3) is 0 Å². The lowest BCUT2D eigenvalue weighted by Gasteiger charge is -2.41. The molecule has 2 saturated heterocycles. The Bertz CT molecular complexity index is 1090. The van der Waals surface area contributed by atoms with E-state index in [9.17, 15) is 14.0 Å². The molecule has 2 aliphatic rings. The molecule has 0 saturated carbocycles. The first-order valence-electron chi connectivity index (χ1n) is 11.6. The molecule has 7 nitrogen and oxygen atoms in total. The lowest BCUT2D eigenvalue weighted by molar-refractivity contribution is -0.145. The Hall–Kier alpha value is -2.55. The molecule has 2 aliphatic heterocycles. The highest BCUT2D eigenvalue weighted by molar-refractivity contribution is 6.31. The van der Waals surface area contributed by atoms with Gasteiger partial charge in [0.1, 0.15) is 11.9 Å². The quantitative estimate of drug-likeness (QED) is 0.689. The van der Waals surface area contributed by atoms with Gasteiger partial charge in [-0.3, -0.25) is 19.5 Å². The summed E-state index contributed by atoms with van der Waals surface area (Å²) >= 11 is 6.09. The van der Waals surface area contributed by atoms with Crippen LogP contribution in [0.15, 0.2) is 24.4 Å². The minimum Gasteiger partial charge on any atom is -0.368 e. The number of aromatic nitrogens is 1. The fourth-order valence-corrected chi connectivity index (χ4v) is 4.72. The summed E-state index contributed by atoms with van der Waals surface area (Å²) in [6.07, 6.45) is 2.85. The van der Waals surface area contributed by atoms with Gasteiger partial charge < -0.3 is 15.0 Å². The molecule has 1 aromatic carbocycles. The van der Waals surface area contributed by atoms with E-state index in [1.165, 1.54) is 18.3 Å². The number of benzene rings is 1. The summed E-state index contributed by atoms with van der Waals surface area (Å²) in [5, 5.41) is 3.19. The molecule has 182 valence electrons. The smallest absolute Gasteiger partial charge is 0.257 e. The summed E-state index contributed by atoms with van der Waals surface area (Å²) in [6, 6.07) is 4.41. The van der Waals surface area contributed by atoms with Crippen molar-refractivity contribution in [1.29, 1.82) is 0 Å². The number of hydrogen-bond donors (Lipinski definition) is 1. The van der Waals surface area contributed by atoms with E-state index in [2.05, 4.69) is 15.2 Å². The fourth-order valence-electron chi connectivity index (χ4n) is 4.56. The third-order valence-corrected chi connectivity index (χ3v) is 6.99. The molecule has 0 aliphatic carbocycles. The maximum atomic E-state index is 14.5. The van der Waals surface area contributed by atoms with Crippen molar-refractivity contribution in [2.75, 3.05) is 31.6 Å². The minimum atomic E-state index is -0.420. The molecule has 1 N–H and O–H groups in total. The summed E-state index contributed by atoms with van der Waals surface area (Å²) in [4.78, 5) is 33.7. The first-order chi connectivity index (χ1) is 16.2. The molecule has 2 amide bonds. The predicted molar refractivity (Wildman–Crippen MR) is 129 cm³/mol. The molecule has 34 heavy (non-hydrogen) atoms. The zero-order valence-electron chi connectivity index (χ0n) is 19.7. The van der Waals surface area contributed by atoms with Gasteiger partial charge in [-0.25, -0.2) is 4.39 Å². The molecular weight excluding hydrogens is 459 g/mol. The fraction of sp³-hybridized carbons (Fsp3) is 0.480. The number of anilines is 1. The van der Waals surface area contributed by atoms with E-state index in [1.54, 1.807) is 13.0 Å². The van der Waals surface area contributed by atoms with E-state index in [1.807, 2.05) is 18.7 Å². The Morgan fingerprint density at radius 1 is 1.26 bits per heavy atom. The summed E-state index contributed by atoms with van der Waals surface area (Å²) in [5.74, 6) is -0.748. The van der Waals surface area contributed by atoms with Crippen LogP contribution >= 0.6 is 11.6 Å². The van der Waals surface area contributed by atoms with E-state index >= 15 is 0 Å². The SMILES string of the molecule is Cc1ncc(C(=O)Nc2cc(F)cc(CN3CCN(C(=O)[C@@H]4CCCO4)[C@@H](C)C3)c2C)cc1Cl. The van der Waals surface area contributed by atoms with E-state index in [0.717, 1.165) is 24.0 Å². The zero-order valence-corrected chi connectivity index (χ0v) is 20.5. The zero-order chi connectivity index (χ0) is 24.4. The molecular formula is C25H30ClFN4O3. The van der Waals surface area contributed by atoms with Crippen molar-refractivity contribution in [3.63, 3.8) is 0 Å². The Kier molecular flexibility index (Phi) is 7.50. The number of nitrogens with one attached hydrogen (secondary N) is 1. The van der Waals surface area contributed by atoms with Crippen LogP contribution in [-0.2, 0) is 16.1 Å². The van der Waals surface area contributed by atoms with E-state index in [-0.39, 0.29) is 18.1 Å². The summed E-state index contributed by atoms with van der Waals surface area (Å²) in [5.41, 5.74) is 2.95. The van der Waals surface area contributed by atoms with Crippen LogP contribution in [-0.4, -0.2) is 65.0 Å². The largest absolute Gasteiger partial charge is 0.368 e. The average Bonchev–Trinajstić information content (AvgIpc) is 3.33. The molecule has 4 rings (SSSR count). The Labute approximate surface area is 204 Å². The van der Waals surface area contributed by atoms with Crippen molar-refractivity contribution in [3.8, 4) is 0 Å². The molecule has 2 fully saturated rings. The van der Waals surface area contributed by atoms with Crippen molar-refractivity contribution in [2.24, 2.45) is 0 Å². The Morgan fingerprint density at radius 2 is 2.06 bits per heavy atom. The number of carbonyl (C=O) groups is 2. The molecule has 0 radical (unpaired) electrons. The van der Waals surface area contributed by atoms with Crippen LogP contribution in [0, 0.1) is 19.7 Å². The lowest BCUT2D eigenvalue weighted by atomic mass is 10.0. The number of hydrogen-bond acceptors (Lipinski definition) is 5. The topological polar surface area (TPSA) is 74.8 Å². The van der Waals surface area contributed by atoms with Gasteiger partial charge in [-0.15, -0.1) is 0 Å². The lowest BCUT2D eigenvalue weighted by Crippen LogP contribution is -2.55. The number of amides is 2. The van der Waals surface area contributed by atoms with E-state index in [4.69, 9.17) is 16.3 Å². The number of rotatable bonds is 5. The van der Waals surface area contributed by atoms with Gasteiger partial charge in [0.15, 0.2) is 0 Å². The summed E-state index contributed by atoms with van der Waals surface area (Å²) < 4.78 is 20.0. The first-order valence-corrected chi connectivity index (χ1v) is 12.0. The molecule has 2 aromatic rings. The normalized spacial score (nSPS) is 21.0. The molecule has 0 unspecified atom stereocenters. The molecule has 2 atom stereocenters. The Morgan fingerprint density at radius 3 is 2.74 bits per heavy atom. The highest BCUT2D eigenvalue weighted by atomic mass is 35.5. The second kappa shape index (κ2) is 10.4. The van der Waals surface area contributed by atoms with Crippen molar-refractivity contribution in [2.45, 2.75) is 52.3 Å². The predicted octanol–water partition coefficient (Wildman–Crippen LogP) is 3.95. The maximum absolute atomic E-state index is 14.5. The number of pyridine rings is 1. The maximum Gasteiger partial charge on any atom is 0.257 e. The number of nitrogens with zero attached hydrogens (tertiary/aromatic N) is 3. The van der Waals surface area contributed by atoms with Gasteiger partial charge in [0.05, 0.1) is 16.3 Å². The number of ether oxygens (including phenoxy) is 1. The third kappa shape index (κ3) is 5.40. The van der Waals surface area contributed by atoms with Gasteiger partial charge >= 0.3 is 0 Å². The number of halogens is 2. The number of piperazine rings is 1. The van der Waals surface area contributed by atoms with Crippen LogP contribution in [0.2, 0.25) is 5.02 Å². The monoisotopic (exact) mass is 488 g/mol. The summed E-state index contributed by atoms with van der Waals surface area (Å²) in [7, 11) is 0. The average molecular weight is 489 g/mol. The van der Waals surface area contributed by atoms with Crippen LogP contribution in [0.5, 0.6) is 0 Å². The molecule has 1 aromatic heterocycles. The highest BCUT2D eigenvalue weighted by Crippen LogP contribution is 2.25. The number of aryl methyl sites for hydroxylation is 1. The van der Waals surface area contributed by atoms with Gasteiger partial charge in [-0.05, 0) is 62.9 Å². The van der Waals surface area contributed by atoms with Gasteiger partial charge in [-0.1, -0.05) is 11.6 Å². The van der Waals surface area contributed by atoms with Gasteiger partial charge in [0.25, 0.3) is 11.8 Å². The molecule has 0 spiro atoms. The minimum absolute atomic E-state index is 0.0391. The Balaban J connectivity index is 1.43. The van der Waals surface area contributed by atoms with Crippen LogP contribution in [0.4, 0.5) is 10.1 Å². The second-order valence-electron chi connectivity index (χ2n) is 9.10. The third-order valence-electron chi connectivity index (χ3n) is 6.61. The van der Waals surface area contributed by atoms with Crippen LogP contribution < -0.4 is 5.32 Å². The second-order valence-corrected chi connectivity index (χ2v) is 9.51. The van der Waals surface area contributed by atoms with Crippen LogP contribution in [0.1, 0.15) is 46.9 Å². The highest BCUT2D eigenvalue weighted by Gasteiger charge is 2.34. The van der Waals surface area contributed by atoms with Crippen LogP contribution in [0.3, 0.4) is 0 Å².